The van der Waals surface area contributed by atoms with Gasteiger partial charge in [0.05, 0.1) is 19.1 Å². The topological polar surface area (TPSA) is 119 Å². The molecular weight excluding hydrogens is 478 g/mol. The normalized spacial score (nSPS) is 17.2. The number of pyridine rings is 1. The van der Waals surface area contributed by atoms with Crippen LogP contribution in [0.3, 0.4) is 0 Å². The summed E-state index contributed by atoms with van der Waals surface area (Å²) in [4.78, 5) is 37.3. The number of alkyl halides is 2. The molecule has 0 aliphatic carbocycles. The molecule has 0 spiro atoms. The van der Waals surface area contributed by atoms with Crippen LogP contribution in [0.5, 0.6) is 11.5 Å². The monoisotopic (exact) mass is 508 g/mol. The minimum atomic E-state index is -3.61. The summed E-state index contributed by atoms with van der Waals surface area (Å²) in [6.45, 7) is 5.89. The van der Waals surface area contributed by atoms with Crippen molar-refractivity contribution >= 4 is 24.1 Å². The number of likely N-dealkylation sites (tertiary alicyclic amines) is 1. The SMILES string of the molecule is CC(NC=O)c1ccc2c(c1)OC(F)(F)O2.CCOC(=O)C1CC(=O)N1C.CNc1cc(C)ccn1. The van der Waals surface area contributed by atoms with Gasteiger partial charge in [0.1, 0.15) is 11.9 Å². The number of aryl methyl sites for hydroxylation is 1. The van der Waals surface area contributed by atoms with Crippen LogP contribution in [0.2, 0.25) is 0 Å². The van der Waals surface area contributed by atoms with E-state index in [1.165, 1.54) is 22.6 Å². The second-order valence-corrected chi connectivity index (χ2v) is 7.82. The maximum atomic E-state index is 12.7. The molecule has 2 aliphatic rings. The Balaban J connectivity index is 0.000000200. The number of likely N-dealkylation sites (N-methyl/N-ethyl adjacent to an activating group) is 1. The fraction of sp³-hybridized carbons (Fsp3) is 0.417. The minimum Gasteiger partial charge on any atom is -0.464 e. The van der Waals surface area contributed by atoms with E-state index >= 15 is 0 Å². The van der Waals surface area contributed by atoms with Crippen molar-refractivity contribution < 1.29 is 37.4 Å². The second kappa shape index (κ2) is 12.7. The van der Waals surface area contributed by atoms with Gasteiger partial charge in [-0.2, -0.15) is 0 Å². The lowest BCUT2D eigenvalue weighted by Crippen LogP contribution is -2.54. The van der Waals surface area contributed by atoms with Gasteiger partial charge in [-0.15, -0.1) is 8.78 Å². The number of aromatic nitrogens is 1. The molecule has 2 aliphatic heterocycles. The highest BCUT2D eigenvalue weighted by Crippen LogP contribution is 2.41. The average molecular weight is 509 g/mol. The number of halogens is 2. The Kier molecular flexibility index (Phi) is 9.94. The van der Waals surface area contributed by atoms with E-state index in [1.807, 2.05) is 26.1 Å². The molecule has 2 unspecified atom stereocenters. The largest absolute Gasteiger partial charge is 0.586 e. The smallest absolute Gasteiger partial charge is 0.464 e. The molecule has 36 heavy (non-hydrogen) atoms. The molecule has 1 aromatic heterocycles. The maximum Gasteiger partial charge on any atom is 0.586 e. The van der Waals surface area contributed by atoms with E-state index in [0.717, 1.165) is 5.82 Å². The lowest BCUT2D eigenvalue weighted by Gasteiger charge is -2.34. The van der Waals surface area contributed by atoms with Gasteiger partial charge in [-0.1, -0.05) is 6.07 Å². The fourth-order valence-electron chi connectivity index (χ4n) is 3.09. The third-order valence-corrected chi connectivity index (χ3v) is 5.20. The van der Waals surface area contributed by atoms with Gasteiger partial charge in [0, 0.05) is 20.3 Å². The van der Waals surface area contributed by atoms with E-state index in [2.05, 4.69) is 25.1 Å². The van der Waals surface area contributed by atoms with Crippen molar-refractivity contribution in [3.8, 4) is 11.5 Å². The van der Waals surface area contributed by atoms with Gasteiger partial charge in [0.15, 0.2) is 11.5 Å². The second-order valence-electron chi connectivity index (χ2n) is 7.82. The molecule has 2 N–H and O–H groups in total. The summed E-state index contributed by atoms with van der Waals surface area (Å²) in [6, 6.07) is 7.75. The minimum absolute atomic E-state index is 0.00283. The summed E-state index contributed by atoms with van der Waals surface area (Å²) in [5.41, 5.74) is 1.89. The number of carbonyl (C=O) groups excluding carboxylic acids is 3. The number of hydrogen-bond donors (Lipinski definition) is 2. The van der Waals surface area contributed by atoms with Crippen molar-refractivity contribution in [2.45, 2.75) is 45.6 Å². The van der Waals surface area contributed by atoms with E-state index in [4.69, 9.17) is 4.74 Å². The zero-order chi connectivity index (χ0) is 26.9. The van der Waals surface area contributed by atoms with E-state index in [9.17, 15) is 23.2 Å². The van der Waals surface area contributed by atoms with Crippen LogP contribution >= 0.6 is 0 Å². The third kappa shape index (κ3) is 7.79. The molecule has 10 nitrogen and oxygen atoms in total. The molecule has 12 heteroatoms. The lowest BCUT2D eigenvalue weighted by molar-refractivity contribution is -0.286. The summed E-state index contributed by atoms with van der Waals surface area (Å²) in [6.07, 6.45) is -0.970. The molecule has 2 amide bonds. The zero-order valence-electron chi connectivity index (χ0n) is 20.7. The first-order valence-electron chi connectivity index (χ1n) is 11.1. The third-order valence-electron chi connectivity index (χ3n) is 5.20. The van der Waals surface area contributed by atoms with E-state index in [-0.39, 0.29) is 35.5 Å². The highest BCUT2D eigenvalue weighted by molar-refractivity contribution is 5.94. The van der Waals surface area contributed by atoms with Crippen molar-refractivity contribution in [3.63, 3.8) is 0 Å². The number of hydrogen-bond acceptors (Lipinski definition) is 8. The molecule has 0 saturated carbocycles. The van der Waals surface area contributed by atoms with Gasteiger partial charge in [-0.3, -0.25) is 9.59 Å². The Bertz CT molecular complexity index is 1070. The molecule has 0 radical (unpaired) electrons. The van der Waals surface area contributed by atoms with Gasteiger partial charge < -0.3 is 29.7 Å². The average Bonchev–Trinajstić information content (AvgIpc) is 3.16. The van der Waals surface area contributed by atoms with Crippen LogP contribution in [0, 0.1) is 6.92 Å². The zero-order valence-corrected chi connectivity index (χ0v) is 20.7. The number of anilines is 1. The van der Waals surface area contributed by atoms with E-state index < -0.39 is 6.29 Å². The fourth-order valence-corrected chi connectivity index (χ4v) is 3.09. The molecule has 0 bridgehead atoms. The predicted molar refractivity (Wildman–Crippen MR) is 127 cm³/mol. The molecule has 3 heterocycles. The van der Waals surface area contributed by atoms with Gasteiger partial charge in [-0.25, -0.2) is 9.78 Å². The first kappa shape index (κ1) is 28.3. The predicted octanol–water partition coefficient (Wildman–Crippen LogP) is 3.03. The number of benzene rings is 1. The Morgan fingerprint density at radius 3 is 2.53 bits per heavy atom. The van der Waals surface area contributed by atoms with Crippen LogP contribution < -0.4 is 20.1 Å². The number of rotatable bonds is 6. The lowest BCUT2D eigenvalue weighted by atomic mass is 10.0. The summed E-state index contributed by atoms with van der Waals surface area (Å²) in [5.74, 6) is 0.599. The van der Waals surface area contributed by atoms with Crippen LogP contribution in [-0.2, 0) is 19.1 Å². The number of carbonyl (C=O) groups is 3. The van der Waals surface area contributed by atoms with Crippen molar-refractivity contribution in [1.82, 2.24) is 15.2 Å². The Labute approximate surface area is 207 Å². The number of esters is 1. The van der Waals surface area contributed by atoms with Gasteiger partial charge >= 0.3 is 12.3 Å². The summed E-state index contributed by atoms with van der Waals surface area (Å²) < 4.78 is 38.7. The Hall–Kier alpha value is -3.96. The number of ether oxygens (including phenoxy) is 3. The van der Waals surface area contributed by atoms with Crippen molar-refractivity contribution in [1.29, 1.82) is 0 Å². The van der Waals surface area contributed by atoms with Gasteiger partial charge in [0.2, 0.25) is 12.3 Å². The van der Waals surface area contributed by atoms with Crippen LogP contribution in [0.25, 0.3) is 0 Å². The van der Waals surface area contributed by atoms with Gasteiger partial charge in [-0.05, 0) is 56.2 Å². The molecule has 4 rings (SSSR count). The molecule has 196 valence electrons. The molecule has 2 aromatic rings. The van der Waals surface area contributed by atoms with Crippen LogP contribution in [0.4, 0.5) is 14.6 Å². The van der Waals surface area contributed by atoms with Gasteiger partial charge in [0.25, 0.3) is 0 Å². The maximum absolute atomic E-state index is 12.7. The summed E-state index contributed by atoms with van der Waals surface area (Å²) >= 11 is 0. The number of amides is 2. The van der Waals surface area contributed by atoms with E-state index in [1.54, 1.807) is 33.2 Å². The number of nitrogens with zero attached hydrogens (tertiary/aromatic N) is 2. The number of fused-ring (bicyclic) bond motifs is 1. The molecular formula is C24H30F2N4O6. The van der Waals surface area contributed by atoms with Crippen LogP contribution in [-0.4, -0.2) is 61.2 Å². The molecule has 1 aromatic carbocycles. The quantitative estimate of drug-likeness (QED) is 0.347. The molecule has 1 fully saturated rings. The highest BCUT2D eigenvalue weighted by atomic mass is 19.3. The summed E-state index contributed by atoms with van der Waals surface area (Å²) in [5, 5.41) is 5.47. The van der Waals surface area contributed by atoms with Crippen molar-refractivity contribution in [2.75, 3.05) is 26.0 Å². The first-order chi connectivity index (χ1) is 17.0. The summed E-state index contributed by atoms with van der Waals surface area (Å²) in [7, 11) is 3.47. The van der Waals surface area contributed by atoms with Crippen molar-refractivity contribution in [2.24, 2.45) is 0 Å². The highest BCUT2D eigenvalue weighted by Gasteiger charge is 2.43. The number of β-lactam (4-membered cyclic amide) rings is 1. The van der Waals surface area contributed by atoms with Crippen LogP contribution in [0.1, 0.15) is 37.4 Å². The molecule has 1 saturated heterocycles. The van der Waals surface area contributed by atoms with Crippen LogP contribution in [0.15, 0.2) is 36.5 Å². The Morgan fingerprint density at radius 2 is 2.00 bits per heavy atom. The molecule has 2 atom stereocenters. The number of nitrogens with one attached hydrogen (secondary N) is 2. The Morgan fingerprint density at radius 1 is 1.31 bits per heavy atom. The standard InChI is InChI=1S/C10H9F2NO3.C7H10N2.C7H11NO3/c1-6(13-5-14)7-2-3-8-9(4-7)16-10(11,12)15-8;1-6-3-4-9-7(5-6)8-2;1-3-11-7(10)5-4-6(9)8(5)2/h2-6H,1H3,(H,13,14);3-5H,1-2H3,(H,8,9);5H,3-4H2,1-2H3. The van der Waals surface area contributed by atoms with Crippen molar-refractivity contribution in [3.05, 3.63) is 47.7 Å². The first-order valence-corrected chi connectivity index (χ1v) is 11.1. The van der Waals surface area contributed by atoms with E-state index in [0.29, 0.717) is 25.0 Å².